The molecule has 0 aromatic carbocycles. The maximum Gasteiger partial charge on any atom is 0.272 e. The lowest BCUT2D eigenvalue weighted by atomic mass is 10.1. The number of amides is 1. The van der Waals surface area contributed by atoms with Gasteiger partial charge in [0.25, 0.3) is 12.3 Å². The Morgan fingerprint density at radius 1 is 1.50 bits per heavy atom. The summed E-state index contributed by atoms with van der Waals surface area (Å²) in [6.45, 7) is -0.337. The number of ether oxygens (including phenoxy) is 1. The molecule has 1 aliphatic rings. The number of nitrogens with one attached hydrogen (secondary N) is 1. The van der Waals surface area contributed by atoms with Crippen molar-refractivity contribution in [2.45, 2.75) is 19.3 Å². The number of rotatable bonds is 7. The molecule has 5 nitrogen and oxygen atoms in total. The van der Waals surface area contributed by atoms with E-state index in [0.29, 0.717) is 6.54 Å². The number of aromatic nitrogens is 1. The van der Waals surface area contributed by atoms with Crippen LogP contribution in [-0.2, 0) is 0 Å². The van der Waals surface area contributed by atoms with Crippen LogP contribution in [0, 0.1) is 5.41 Å². The molecule has 7 heteroatoms. The van der Waals surface area contributed by atoms with Crippen LogP contribution in [-0.4, -0.2) is 42.2 Å². The lowest BCUT2D eigenvalue weighted by molar-refractivity contribution is 0.0792. The summed E-state index contributed by atoms with van der Waals surface area (Å²) < 4.78 is 28.8. The summed E-state index contributed by atoms with van der Waals surface area (Å²) in [4.78, 5) is 15.7. The predicted octanol–water partition coefficient (Wildman–Crippen LogP) is 1.23. The van der Waals surface area contributed by atoms with E-state index in [1.54, 1.807) is 0 Å². The molecule has 0 atom stereocenters. The lowest BCUT2D eigenvalue weighted by Gasteiger charge is -2.12. The van der Waals surface area contributed by atoms with E-state index < -0.39 is 18.9 Å². The van der Waals surface area contributed by atoms with Crippen LogP contribution < -0.4 is 10.1 Å². The number of hydrogen-bond acceptors (Lipinski definition) is 4. The van der Waals surface area contributed by atoms with E-state index in [0.717, 1.165) is 12.8 Å². The van der Waals surface area contributed by atoms with Gasteiger partial charge in [0.15, 0.2) is 6.61 Å². The Bertz CT molecular complexity index is 478. The van der Waals surface area contributed by atoms with Gasteiger partial charge in [-0.05, 0) is 18.9 Å². The fourth-order valence-electron chi connectivity index (χ4n) is 1.70. The van der Waals surface area contributed by atoms with Gasteiger partial charge in [0.05, 0.1) is 6.61 Å². The number of pyridine rings is 1. The second-order valence-electron chi connectivity index (χ2n) is 4.90. The molecule has 110 valence electrons. The molecule has 0 bridgehead atoms. The number of halogens is 2. The third-order valence-corrected chi connectivity index (χ3v) is 3.23. The minimum atomic E-state index is -2.59. The molecule has 1 amide bonds. The molecular weight excluding hydrogens is 270 g/mol. The van der Waals surface area contributed by atoms with Gasteiger partial charge in [-0.25, -0.2) is 13.8 Å². The molecule has 1 saturated carbocycles. The Balaban J connectivity index is 1.90. The van der Waals surface area contributed by atoms with E-state index in [4.69, 9.17) is 9.84 Å². The van der Waals surface area contributed by atoms with Crippen LogP contribution in [0.5, 0.6) is 5.88 Å². The van der Waals surface area contributed by atoms with E-state index in [9.17, 15) is 13.6 Å². The Morgan fingerprint density at radius 3 is 2.85 bits per heavy atom. The highest BCUT2D eigenvalue weighted by Gasteiger charge is 2.42. The first-order valence-corrected chi connectivity index (χ1v) is 6.32. The third kappa shape index (κ3) is 3.86. The second-order valence-corrected chi connectivity index (χ2v) is 4.90. The summed E-state index contributed by atoms with van der Waals surface area (Å²) in [7, 11) is 0. The zero-order chi connectivity index (χ0) is 14.6. The van der Waals surface area contributed by atoms with Crippen molar-refractivity contribution >= 4 is 5.91 Å². The van der Waals surface area contributed by atoms with Crippen LogP contribution in [0.25, 0.3) is 0 Å². The van der Waals surface area contributed by atoms with E-state index in [-0.39, 0.29) is 23.6 Å². The first-order chi connectivity index (χ1) is 9.54. The van der Waals surface area contributed by atoms with Gasteiger partial charge in [0.1, 0.15) is 5.69 Å². The molecule has 2 N–H and O–H groups in total. The highest BCUT2D eigenvalue weighted by Crippen LogP contribution is 2.44. The maximum atomic E-state index is 12.0. The molecule has 1 fully saturated rings. The average Bonchev–Trinajstić information content (AvgIpc) is 3.23. The van der Waals surface area contributed by atoms with Crippen LogP contribution in [0.3, 0.4) is 0 Å². The summed E-state index contributed by atoms with van der Waals surface area (Å²) in [6.07, 6.45) is -0.822. The minimum Gasteiger partial charge on any atom is -0.472 e. The molecule has 1 heterocycles. The Hall–Kier alpha value is -1.76. The Kier molecular flexibility index (Phi) is 4.49. The summed E-state index contributed by atoms with van der Waals surface area (Å²) in [5.41, 5.74) is -0.0927. The summed E-state index contributed by atoms with van der Waals surface area (Å²) >= 11 is 0. The molecule has 1 aromatic heterocycles. The van der Waals surface area contributed by atoms with Crippen molar-refractivity contribution in [2.75, 3.05) is 19.8 Å². The topological polar surface area (TPSA) is 71.5 Å². The third-order valence-electron chi connectivity index (χ3n) is 3.23. The number of aliphatic hydroxyl groups excluding tert-OH is 1. The monoisotopic (exact) mass is 286 g/mol. The molecular formula is C13H16F2N2O3. The van der Waals surface area contributed by atoms with Gasteiger partial charge in [0, 0.05) is 18.0 Å². The van der Waals surface area contributed by atoms with Crippen LogP contribution in [0.1, 0.15) is 23.3 Å². The van der Waals surface area contributed by atoms with Crippen LogP contribution in [0.2, 0.25) is 0 Å². The molecule has 0 aliphatic heterocycles. The van der Waals surface area contributed by atoms with Crippen LogP contribution >= 0.6 is 0 Å². The molecule has 0 spiro atoms. The van der Waals surface area contributed by atoms with E-state index >= 15 is 0 Å². The Morgan fingerprint density at radius 2 is 2.25 bits per heavy atom. The van der Waals surface area contributed by atoms with Gasteiger partial charge in [-0.3, -0.25) is 4.79 Å². The highest BCUT2D eigenvalue weighted by molar-refractivity contribution is 5.92. The van der Waals surface area contributed by atoms with Crippen molar-refractivity contribution in [1.29, 1.82) is 0 Å². The highest BCUT2D eigenvalue weighted by atomic mass is 19.3. The number of aliphatic hydroxyl groups is 1. The average molecular weight is 286 g/mol. The number of nitrogens with zero attached hydrogens (tertiary/aromatic N) is 1. The quantitative estimate of drug-likeness (QED) is 0.791. The van der Waals surface area contributed by atoms with E-state index in [2.05, 4.69) is 10.3 Å². The van der Waals surface area contributed by atoms with Crippen LogP contribution in [0.4, 0.5) is 8.78 Å². The fourth-order valence-corrected chi connectivity index (χ4v) is 1.70. The molecule has 1 aromatic rings. The van der Waals surface area contributed by atoms with Crippen molar-refractivity contribution in [3.05, 3.63) is 23.9 Å². The number of carbonyl (C=O) groups is 1. The molecule has 0 unspecified atom stereocenters. The molecule has 0 saturated heterocycles. The van der Waals surface area contributed by atoms with Gasteiger partial charge in [0.2, 0.25) is 5.88 Å². The number of hydrogen-bond donors (Lipinski definition) is 2. The minimum absolute atomic E-state index is 0.0127. The van der Waals surface area contributed by atoms with Gasteiger partial charge in [-0.2, -0.15) is 0 Å². The Labute approximate surface area is 115 Å². The zero-order valence-corrected chi connectivity index (χ0v) is 10.8. The van der Waals surface area contributed by atoms with Gasteiger partial charge >= 0.3 is 0 Å². The van der Waals surface area contributed by atoms with Crippen LogP contribution in [0.15, 0.2) is 18.2 Å². The summed E-state index contributed by atoms with van der Waals surface area (Å²) in [5, 5.41) is 11.8. The van der Waals surface area contributed by atoms with Crippen molar-refractivity contribution in [3.8, 4) is 5.88 Å². The second kappa shape index (κ2) is 6.13. The normalized spacial score (nSPS) is 16.0. The predicted molar refractivity (Wildman–Crippen MR) is 66.8 cm³/mol. The van der Waals surface area contributed by atoms with Gasteiger partial charge < -0.3 is 15.2 Å². The van der Waals surface area contributed by atoms with Crippen molar-refractivity contribution in [3.63, 3.8) is 0 Å². The summed E-state index contributed by atoms with van der Waals surface area (Å²) in [5.74, 6) is -0.423. The summed E-state index contributed by atoms with van der Waals surface area (Å²) in [6, 6.07) is 4.40. The zero-order valence-electron chi connectivity index (χ0n) is 10.8. The fraction of sp³-hybridized carbons (Fsp3) is 0.538. The molecule has 20 heavy (non-hydrogen) atoms. The first kappa shape index (κ1) is 14.6. The van der Waals surface area contributed by atoms with Gasteiger partial charge in [-0.1, -0.05) is 6.07 Å². The van der Waals surface area contributed by atoms with Crippen molar-refractivity contribution in [2.24, 2.45) is 5.41 Å². The molecule has 0 radical (unpaired) electrons. The maximum absolute atomic E-state index is 12.0. The lowest BCUT2D eigenvalue weighted by Crippen LogP contribution is -2.32. The standard InChI is InChI=1S/C13H16F2N2O3/c14-10(15)6-20-11-3-1-2-9(17-11)12(19)16-7-13(8-18)4-5-13/h1-3,10,18H,4-8H2,(H,16,19). The SMILES string of the molecule is O=C(NCC1(CO)CC1)c1cccc(OCC(F)F)n1. The van der Waals surface area contributed by atoms with Crippen molar-refractivity contribution < 1.29 is 23.4 Å². The number of carbonyl (C=O) groups excluding carboxylic acids is 1. The van der Waals surface area contributed by atoms with Crippen molar-refractivity contribution in [1.82, 2.24) is 10.3 Å². The molecule has 2 rings (SSSR count). The molecule has 1 aliphatic carbocycles. The number of alkyl halides is 2. The smallest absolute Gasteiger partial charge is 0.272 e. The first-order valence-electron chi connectivity index (χ1n) is 6.32. The largest absolute Gasteiger partial charge is 0.472 e. The van der Waals surface area contributed by atoms with E-state index in [1.807, 2.05) is 0 Å². The van der Waals surface area contributed by atoms with E-state index in [1.165, 1.54) is 18.2 Å². The van der Waals surface area contributed by atoms with Gasteiger partial charge in [-0.15, -0.1) is 0 Å².